The number of alkyl halides is 3. The lowest BCUT2D eigenvalue weighted by Gasteiger charge is -2.29. The Bertz CT molecular complexity index is 1010. The minimum Gasteiger partial charge on any atom is -0.468 e. The molecule has 1 fully saturated rings. The summed E-state index contributed by atoms with van der Waals surface area (Å²) < 4.78 is 42.5. The molecule has 0 radical (unpaired) electrons. The first-order chi connectivity index (χ1) is 16.1. The molecule has 2 aromatic heterocycles. The predicted molar refractivity (Wildman–Crippen MR) is 121 cm³/mol. The highest BCUT2D eigenvalue weighted by Gasteiger charge is 2.29. The van der Waals surface area contributed by atoms with Gasteiger partial charge < -0.3 is 15.0 Å². The maximum atomic E-state index is 12.7. The number of ether oxygens (including phenoxy) is 1. The van der Waals surface area contributed by atoms with E-state index in [0.717, 1.165) is 32.4 Å². The van der Waals surface area contributed by atoms with E-state index in [9.17, 15) is 22.8 Å². The first-order valence-corrected chi connectivity index (χ1v) is 11.3. The third-order valence-electron chi connectivity index (χ3n) is 5.49. The van der Waals surface area contributed by atoms with Crippen molar-refractivity contribution < 1.29 is 27.5 Å². The van der Waals surface area contributed by atoms with Crippen LogP contribution in [0.2, 0.25) is 0 Å². The summed E-state index contributed by atoms with van der Waals surface area (Å²) in [5, 5.41) is 2.83. The second kappa shape index (κ2) is 11.3. The number of halogens is 3. The molecule has 0 saturated carbocycles. The Morgan fingerprint density at radius 2 is 1.88 bits per heavy atom. The van der Waals surface area contributed by atoms with Crippen molar-refractivity contribution in [2.75, 3.05) is 24.6 Å². The number of anilines is 1. The topological polar surface area (TPSA) is 84.4 Å². The van der Waals surface area contributed by atoms with Gasteiger partial charge in [0.15, 0.2) is 6.61 Å². The molecule has 0 spiro atoms. The van der Waals surface area contributed by atoms with E-state index >= 15 is 0 Å². The number of Topliss-reactive ketones (excluding diaryl/α,β-unsaturated/α-hetero) is 1. The third kappa shape index (κ3) is 7.43. The molecule has 0 aromatic carbocycles. The minimum atomic E-state index is -4.46. The number of carbonyl (C=O) groups excluding carboxylic acids is 2. The van der Waals surface area contributed by atoms with Crippen molar-refractivity contribution >= 4 is 17.5 Å². The summed E-state index contributed by atoms with van der Waals surface area (Å²) in [5.74, 6) is -0.0277. The molecular weight excluding hydrogens is 449 g/mol. The van der Waals surface area contributed by atoms with Gasteiger partial charge in [-0.1, -0.05) is 13.8 Å². The molecule has 2 aromatic rings. The van der Waals surface area contributed by atoms with Crippen LogP contribution in [0.5, 0.6) is 5.88 Å². The zero-order chi connectivity index (χ0) is 24.7. The van der Waals surface area contributed by atoms with Gasteiger partial charge in [-0.15, -0.1) is 0 Å². The van der Waals surface area contributed by atoms with Gasteiger partial charge in [-0.05, 0) is 37.5 Å². The van der Waals surface area contributed by atoms with Gasteiger partial charge in [-0.3, -0.25) is 14.6 Å². The zero-order valence-electron chi connectivity index (χ0n) is 19.3. The number of piperidine rings is 1. The zero-order valence-corrected chi connectivity index (χ0v) is 19.3. The molecule has 1 aliphatic heterocycles. The van der Waals surface area contributed by atoms with Crippen LogP contribution in [0.15, 0.2) is 30.5 Å². The fourth-order valence-corrected chi connectivity index (χ4v) is 3.59. The Balaban J connectivity index is 1.72. The minimum absolute atomic E-state index is 0.0372. The van der Waals surface area contributed by atoms with Crippen molar-refractivity contribution in [3.8, 4) is 5.88 Å². The summed E-state index contributed by atoms with van der Waals surface area (Å²) in [5.41, 5.74) is 1.58. The van der Waals surface area contributed by atoms with Gasteiger partial charge in [0, 0.05) is 61.1 Å². The average Bonchev–Trinajstić information content (AvgIpc) is 2.81. The number of hydrogen-bond acceptors (Lipinski definition) is 6. The third-order valence-corrected chi connectivity index (χ3v) is 5.49. The summed E-state index contributed by atoms with van der Waals surface area (Å²) in [6, 6.07) is 6.16. The number of ketones is 1. The Morgan fingerprint density at radius 1 is 1.15 bits per heavy atom. The largest absolute Gasteiger partial charge is 0.468 e. The van der Waals surface area contributed by atoms with Crippen molar-refractivity contribution in [1.29, 1.82) is 0 Å². The average molecular weight is 479 g/mol. The summed E-state index contributed by atoms with van der Waals surface area (Å²) in [4.78, 5) is 35.2. The van der Waals surface area contributed by atoms with Crippen LogP contribution in [-0.4, -0.2) is 47.5 Å². The van der Waals surface area contributed by atoms with Gasteiger partial charge >= 0.3 is 6.18 Å². The van der Waals surface area contributed by atoms with E-state index < -0.39 is 12.8 Å². The van der Waals surface area contributed by atoms with E-state index in [1.54, 1.807) is 18.2 Å². The second-order valence-electron chi connectivity index (χ2n) is 8.60. The summed E-state index contributed by atoms with van der Waals surface area (Å²) >= 11 is 0. The first-order valence-electron chi connectivity index (χ1n) is 11.3. The van der Waals surface area contributed by atoms with Gasteiger partial charge in [0.1, 0.15) is 11.6 Å². The van der Waals surface area contributed by atoms with E-state index in [1.165, 1.54) is 12.3 Å². The molecule has 1 N–H and O–H groups in total. The summed E-state index contributed by atoms with van der Waals surface area (Å²) in [7, 11) is 0. The van der Waals surface area contributed by atoms with Crippen LogP contribution in [0.3, 0.4) is 0 Å². The molecular formula is C24H29F3N4O3. The van der Waals surface area contributed by atoms with Crippen LogP contribution in [0.4, 0.5) is 19.0 Å². The van der Waals surface area contributed by atoms with Crippen LogP contribution in [0.25, 0.3) is 0 Å². The van der Waals surface area contributed by atoms with E-state index in [4.69, 9.17) is 4.74 Å². The van der Waals surface area contributed by atoms with Crippen LogP contribution in [0.1, 0.15) is 54.7 Å². The number of pyridine rings is 2. The Hall–Kier alpha value is -3.17. The first kappa shape index (κ1) is 25.5. The smallest absolute Gasteiger partial charge is 0.422 e. The molecule has 10 heteroatoms. The van der Waals surface area contributed by atoms with Crippen LogP contribution in [-0.2, 0) is 17.8 Å². The SMILES string of the molecule is CC(C)C(=O)Cc1cc(C(=O)NCc2ccc(OCC(F)(F)F)nc2N2CCCCC2)ccn1. The van der Waals surface area contributed by atoms with Crippen molar-refractivity contribution in [3.63, 3.8) is 0 Å². The maximum absolute atomic E-state index is 12.7. The van der Waals surface area contributed by atoms with E-state index in [2.05, 4.69) is 15.3 Å². The number of aromatic nitrogens is 2. The molecule has 184 valence electrons. The lowest BCUT2D eigenvalue weighted by atomic mass is 10.0. The normalized spacial score (nSPS) is 14.2. The molecule has 7 nitrogen and oxygen atoms in total. The molecule has 3 heterocycles. The van der Waals surface area contributed by atoms with Crippen LogP contribution in [0, 0.1) is 5.92 Å². The molecule has 0 bridgehead atoms. The van der Waals surface area contributed by atoms with Crippen molar-refractivity contribution in [2.24, 2.45) is 5.92 Å². The van der Waals surface area contributed by atoms with Gasteiger partial charge in [-0.2, -0.15) is 18.2 Å². The van der Waals surface area contributed by atoms with Crippen LogP contribution < -0.4 is 15.0 Å². The number of rotatable bonds is 9. The highest BCUT2D eigenvalue weighted by atomic mass is 19.4. The van der Waals surface area contributed by atoms with Crippen molar-refractivity contribution in [3.05, 3.63) is 47.3 Å². The van der Waals surface area contributed by atoms with Crippen LogP contribution >= 0.6 is 0 Å². The molecule has 0 aliphatic carbocycles. The maximum Gasteiger partial charge on any atom is 0.422 e. The molecule has 0 atom stereocenters. The number of amides is 1. The fraction of sp³-hybridized carbons (Fsp3) is 0.500. The van der Waals surface area contributed by atoms with Crippen molar-refractivity contribution in [1.82, 2.24) is 15.3 Å². The van der Waals surface area contributed by atoms with E-state index in [0.29, 0.717) is 22.6 Å². The highest BCUT2D eigenvalue weighted by molar-refractivity contribution is 5.94. The quantitative estimate of drug-likeness (QED) is 0.584. The van der Waals surface area contributed by atoms with Gasteiger partial charge in [-0.25, -0.2) is 0 Å². The fourth-order valence-electron chi connectivity index (χ4n) is 3.59. The molecule has 34 heavy (non-hydrogen) atoms. The summed E-state index contributed by atoms with van der Waals surface area (Å²) in [6.45, 7) is 3.81. The number of hydrogen-bond donors (Lipinski definition) is 1. The molecule has 1 amide bonds. The molecule has 1 aliphatic rings. The summed E-state index contributed by atoms with van der Waals surface area (Å²) in [6.07, 6.45) is 0.178. The molecule has 3 rings (SSSR count). The number of nitrogens with one attached hydrogen (secondary N) is 1. The van der Waals surface area contributed by atoms with Crippen molar-refractivity contribution in [2.45, 2.75) is 52.3 Å². The van der Waals surface area contributed by atoms with Gasteiger partial charge in [0.25, 0.3) is 5.91 Å². The predicted octanol–water partition coefficient (Wildman–Crippen LogP) is 4.11. The standard InChI is InChI=1S/C24H29F3N4O3/c1-16(2)20(32)13-19-12-17(8-9-28-19)23(33)29-14-18-6-7-21(34-15-24(25,26)27)30-22(18)31-10-4-3-5-11-31/h6-9,12,16H,3-5,10-11,13-15H2,1-2H3,(H,29,33). The Morgan fingerprint density at radius 3 is 2.56 bits per heavy atom. The molecule has 0 unspecified atom stereocenters. The Kier molecular flexibility index (Phi) is 8.46. The lowest BCUT2D eigenvalue weighted by molar-refractivity contribution is -0.154. The van der Waals surface area contributed by atoms with E-state index in [1.807, 2.05) is 18.7 Å². The van der Waals surface area contributed by atoms with E-state index in [-0.39, 0.29) is 36.5 Å². The molecule has 1 saturated heterocycles. The number of carbonyl (C=O) groups is 2. The number of nitrogens with zero attached hydrogens (tertiary/aromatic N) is 3. The van der Waals surface area contributed by atoms with Gasteiger partial charge in [0.2, 0.25) is 5.88 Å². The second-order valence-corrected chi connectivity index (χ2v) is 8.60. The monoisotopic (exact) mass is 478 g/mol. The Labute approximate surface area is 196 Å². The van der Waals surface area contributed by atoms with Gasteiger partial charge in [0.05, 0.1) is 0 Å². The highest BCUT2D eigenvalue weighted by Crippen LogP contribution is 2.26. The lowest BCUT2D eigenvalue weighted by Crippen LogP contribution is -2.32.